The van der Waals surface area contributed by atoms with Gasteiger partial charge in [-0.15, -0.1) is 23.2 Å². The lowest BCUT2D eigenvalue weighted by atomic mass is 9.70. The summed E-state index contributed by atoms with van der Waals surface area (Å²) in [6.07, 6.45) is 6.33. The summed E-state index contributed by atoms with van der Waals surface area (Å²) in [5.41, 5.74) is 0. The van der Waals surface area contributed by atoms with Crippen molar-refractivity contribution in [3.8, 4) is 5.75 Å². The van der Waals surface area contributed by atoms with Crippen molar-refractivity contribution >= 4 is 47.6 Å². The summed E-state index contributed by atoms with van der Waals surface area (Å²) >= 11 is 12.6. The molecule has 3 aliphatic rings. The van der Waals surface area contributed by atoms with E-state index in [2.05, 4.69) is 15.6 Å². The largest absolute Gasteiger partial charge is 0.469 e. The van der Waals surface area contributed by atoms with Crippen LogP contribution in [-0.4, -0.2) is 83.9 Å². The summed E-state index contributed by atoms with van der Waals surface area (Å²) in [4.78, 5) is 14.7. The van der Waals surface area contributed by atoms with Gasteiger partial charge in [0.05, 0.1) is 7.11 Å². The van der Waals surface area contributed by atoms with Crippen LogP contribution in [0.25, 0.3) is 10.8 Å². The first kappa shape index (κ1) is 30.1. The van der Waals surface area contributed by atoms with E-state index in [1.165, 1.54) is 7.11 Å². The zero-order chi connectivity index (χ0) is 28.1. The quantitative estimate of drug-likeness (QED) is 0.152. The molecule has 0 aromatic heterocycles. The lowest BCUT2D eigenvalue weighted by Crippen LogP contribution is -2.64. The average Bonchev–Trinajstić information content (AvgIpc) is 2.98. The van der Waals surface area contributed by atoms with Crippen molar-refractivity contribution in [3.63, 3.8) is 0 Å². The molecular formula is C30H42Cl2N3O4P. The molecule has 1 unspecified atom stereocenters. The molecule has 5 atom stereocenters. The lowest BCUT2D eigenvalue weighted by Gasteiger charge is -2.58. The van der Waals surface area contributed by atoms with Gasteiger partial charge in [-0.1, -0.05) is 30.3 Å². The normalized spacial score (nSPS) is 26.8. The van der Waals surface area contributed by atoms with Crippen LogP contribution in [0.5, 0.6) is 5.75 Å². The summed E-state index contributed by atoms with van der Waals surface area (Å²) in [7, 11) is -2.18. The minimum atomic E-state index is -3.61. The van der Waals surface area contributed by atoms with Gasteiger partial charge in [0, 0.05) is 49.9 Å². The first-order chi connectivity index (χ1) is 19.5. The van der Waals surface area contributed by atoms with Crippen LogP contribution in [0.4, 0.5) is 0 Å². The summed E-state index contributed by atoms with van der Waals surface area (Å²) in [5.74, 6) is 1.83. The second-order valence-electron chi connectivity index (χ2n) is 11.3. The summed E-state index contributed by atoms with van der Waals surface area (Å²) in [6, 6.07) is 14.5. The summed E-state index contributed by atoms with van der Waals surface area (Å²) in [5, 5.41) is 2.14. The van der Waals surface area contributed by atoms with Crippen LogP contribution >= 0.6 is 30.9 Å². The number of carbonyl (C=O) groups excluding carboxylic acids is 1. The molecule has 220 valence electrons. The first-order valence-corrected chi connectivity index (χ1v) is 17.3. The number of ether oxygens (including phenoxy) is 1. The van der Waals surface area contributed by atoms with Crippen LogP contribution in [0, 0.1) is 11.8 Å². The molecule has 3 fully saturated rings. The number of nitrogens with zero attached hydrogens (tertiary/aromatic N) is 3. The maximum atomic E-state index is 15.6. The maximum Gasteiger partial charge on any atom is 0.396 e. The molecule has 0 radical (unpaired) electrons. The third kappa shape index (κ3) is 6.35. The van der Waals surface area contributed by atoms with E-state index in [0.717, 1.165) is 56.0 Å². The topological polar surface area (TPSA) is 62.3 Å². The number of esters is 1. The van der Waals surface area contributed by atoms with Gasteiger partial charge in [-0.05, 0) is 86.4 Å². The Kier molecular flexibility index (Phi) is 10.4. The lowest BCUT2D eigenvalue weighted by molar-refractivity contribution is -0.140. The highest BCUT2D eigenvalue weighted by Gasteiger charge is 2.55. The molecule has 5 rings (SSSR count). The molecule has 3 heterocycles. The fraction of sp³-hybridized carbons (Fsp3) is 0.633. The number of alkyl halides is 2. The number of rotatable bonds is 12. The minimum Gasteiger partial charge on any atom is -0.469 e. The molecule has 3 saturated heterocycles. The number of fused-ring (bicyclic) bond motifs is 1. The van der Waals surface area contributed by atoms with Gasteiger partial charge in [-0.25, -0.2) is 13.9 Å². The van der Waals surface area contributed by atoms with Crippen molar-refractivity contribution in [1.82, 2.24) is 14.2 Å². The predicted molar refractivity (Wildman–Crippen MR) is 162 cm³/mol. The van der Waals surface area contributed by atoms with Crippen LogP contribution in [0.3, 0.4) is 0 Å². The highest BCUT2D eigenvalue weighted by Crippen LogP contribution is 2.60. The van der Waals surface area contributed by atoms with E-state index in [0.29, 0.717) is 67.9 Å². The van der Waals surface area contributed by atoms with E-state index in [9.17, 15) is 4.79 Å². The summed E-state index contributed by atoms with van der Waals surface area (Å²) in [6.45, 7) is 3.81. The Labute approximate surface area is 248 Å². The van der Waals surface area contributed by atoms with Crippen molar-refractivity contribution in [2.24, 2.45) is 11.8 Å². The van der Waals surface area contributed by atoms with E-state index in [1.807, 2.05) is 41.1 Å². The smallest absolute Gasteiger partial charge is 0.396 e. The van der Waals surface area contributed by atoms with Crippen LogP contribution in [0.15, 0.2) is 42.5 Å². The Morgan fingerprint density at radius 2 is 1.77 bits per heavy atom. The Morgan fingerprint density at radius 1 is 1.05 bits per heavy atom. The molecule has 2 aromatic rings. The van der Waals surface area contributed by atoms with Gasteiger partial charge in [0.15, 0.2) is 0 Å². The molecule has 3 aliphatic heterocycles. The highest BCUT2D eigenvalue weighted by atomic mass is 35.5. The van der Waals surface area contributed by atoms with Crippen molar-refractivity contribution in [2.45, 2.75) is 57.0 Å². The minimum absolute atomic E-state index is 0.0197. The monoisotopic (exact) mass is 609 g/mol. The van der Waals surface area contributed by atoms with Crippen molar-refractivity contribution in [3.05, 3.63) is 42.5 Å². The van der Waals surface area contributed by atoms with Crippen LogP contribution in [0.1, 0.15) is 44.9 Å². The van der Waals surface area contributed by atoms with Crippen molar-refractivity contribution in [2.75, 3.05) is 51.6 Å². The number of hydrogen-bond acceptors (Lipinski definition) is 5. The molecule has 7 nitrogen and oxygen atoms in total. The van der Waals surface area contributed by atoms with Gasteiger partial charge in [-0.3, -0.25) is 9.69 Å². The van der Waals surface area contributed by atoms with E-state index in [1.54, 1.807) is 0 Å². The third-order valence-electron chi connectivity index (χ3n) is 9.07. The summed E-state index contributed by atoms with van der Waals surface area (Å²) < 4.78 is 31.3. The third-order valence-corrected chi connectivity index (χ3v) is 12.1. The highest BCUT2D eigenvalue weighted by molar-refractivity contribution is 7.54. The Balaban J connectivity index is 1.54. The number of methoxy groups -OCH3 is 1. The molecule has 0 aliphatic carbocycles. The number of halogens is 2. The SMILES string of the molecule is COC(=O)CCC[C@@H]1[C@H]2CCCN3CCC[C@@H](CN1P(=O)(Oc1ccc4ccccc4c1)N(CCCl)CCCl)[C@@H]23. The Morgan fingerprint density at radius 3 is 2.50 bits per heavy atom. The number of piperidine rings is 3. The first-order valence-electron chi connectivity index (χ1n) is 14.7. The molecule has 0 bridgehead atoms. The van der Waals surface area contributed by atoms with Crippen LogP contribution in [-0.2, 0) is 14.1 Å². The average molecular weight is 611 g/mol. The molecular weight excluding hydrogens is 568 g/mol. The van der Waals surface area contributed by atoms with Gasteiger partial charge >= 0.3 is 13.6 Å². The standard InChI is InChI=1S/C30H42Cl2N3O4P/c1-38-29(36)12-4-11-28-27-10-6-18-33-17-5-9-25(30(27)33)22-35(28)40(37,34(19-15-31)20-16-32)39-26-14-13-23-7-2-3-8-24(23)21-26/h2-3,7-8,13-14,21,25,27-28,30H,4-6,9-12,15-20,22H2,1H3/t25-,27+,28+,30-,40?/m0/s1. The Hall–Kier alpha value is -1.34. The molecule has 0 amide bonds. The zero-order valence-electron chi connectivity index (χ0n) is 23.4. The van der Waals surface area contributed by atoms with Gasteiger partial charge in [0.2, 0.25) is 0 Å². The van der Waals surface area contributed by atoms with Gasteiger partial charge in [0.1, 0.15) is 5.75 Å². The maximum absolute atomic E-state index is 15.6. The molecule has 40 heavy (non-hydrogen) atoms. The van der Waals surface area contributed by atoms with Crippen molar-refractivity contribution in [1.29, 1.82) is 0 Å². The van der Waals surface area contributed by atoms with Gasteiger partial charge in [0.25, 0.3) is 0 Å². The zero-order valence-corrected chi connectivity index (χ0v) is 25.8. The molecule has 0 N–H and O–H groups in total. The second-order valence-corrected chi connectivity index (χ2v) is 14.3. The Bertz CT molecular complexity index is 1190. The van der Waals surface area contributed by atoms with Crippen LogP contribution in [0.2, 0.25) is 0 Å². The van der Waals surface area contributed by atoms with Crippen molar-refractivity contribution < 1.29 is 18.6 Å². The molecule has 0 spiro atoms. The fourth-order valence-electron chi connectivity index (χ4n) is 7.38. The molecule has 2 aromatic carbocycles. The predicted octanol–water partition coefficient (Wildman–Crippen LogP) is 6.62. The number of benzene rings is 2. The van der Waals surface area contributed by atoms with E-state index < -0.39 is 7.67 Å². The fourth-order valence-corrected chi connectivity index (χ4v) is 10.7. The molecule has 10 heteroatoms. The van der Waals surface area contributed by atoms with Gasteiger partial charge < -0.3 is 9.26 Å². The van der Waals surface area contributed by atoms with Gasteiger partial charge in [-0.2, -0.15) is 0 Å². The number of hydrogen-bond donors (Lipinski definition) is 0. The van der Waals surface area contributed by atoms with E-state index in [4.69, 9.17) is 32.5 Å². The number of carbonyl (C=O) groups is 1. The van der Waals surface area contributed by atoms with E-state index in [-0.39, 0.29) is 12.0 Å². The molecule has 0 saturated carbocycles. The van der Waals surface area contributed by atoms with E-state index >= 15 is 4.57 Å². The van der Waals surface area contributed by atoms with Crippen LogP contribution < -0.4 is 4.52 Å². The second kappa shape index (κ2) is 13.8.